The molecule has 1 saturated heterocycles. The first-order valence-electron chi connectivity index (χ1n) is 11.6. The summed E-state index contributed by atoms with van der Waals surface area (Å²) in [7, 11) is 0. The Morgan fingerprint density at radius 3 is 2.62 bits per heavy atom. The van der Waals surface area contributed by atoms with Gasteiger partial charge < -0.3 is 28.9 Å². The van der Waals surface area contributed by atoms with Crippen LogP contribution in [0.5, 0.6) is 0 Å². The molecule has 16 heteroatoms. The van der Waals surface area contributed by atoms with Crippen molar-refractivity contribution in [3.63, 3.8) is 0 Å². The van der Waals surface area contributed by atoms with Crippen LogP contribution in [0.25, 0.3) is 0 Å². The van der Waals surface area contributed by atoms with Gasteiger partial charge in [0, 0.05) is 18.0 Å². The highest BCUT2D eigenvalue weighted by Gasteiger charge is 2.54. The maximum absolute atomic E-state index is 13.6. The Kier molecular flexibility index (Phi) is 11.1. The first-order chi connectivity index (χ1) is 17.2. The number of aromatic amines is 1. The standard InChI is InChI=1S/C21H34N3O11PS/c1-6-32-16(26)8-10-37-36(31,23-13(4)18(28)34-12(2)3)33-11-14-17(27)21(5,30)19(35-14)24-9-7-15(25)22-20(24)29/h7,9,12-14,17,19,27,30H,6,8,10-11H2,1-5H3,(H,23,31)(H,22,25,29)/t13-,14+,17+,19+,21+,36-/m0/s1. The van der Waals surface area contributed by atoms with Crippen molar-refractivity contribution in [2.75, 3.05) is 19.0 Å². The Hall–Kier alpha value is -2.00. The lowest BCUT2D eigenvalue weighted by Crippen LogP contribution is -2.46. The van der Waals surface area contributed by atoms with E-state index in [2.05, 4.69) is 5.09 Å². The Bertz CT molecular complexity index is 1110. The molecule has 0 saturated carbocycles. The molecule has 1 aliphatic rings. The van der Waals surface area contributed by atoms with E-state index in [0.29, 0.717) is 0 Å². The molecule has 0 radical (unpaired) electrons. The number of hydrogen-bond acceptors (Lipinski definition) is 12. The van der Waals surface area contributed by atoms with Crippen LogP contribution in [0, 0.1) is 0 Å². The van der Waals surface area contributed by atoms with Gasteiger partial charge in [0.05, 0.1) is 25.7 Å². The summed E-state index contributed by atoms with van der Waals surface area (Å²) in [5.41, 5.74) is -3.51. The summed E-state index contributed by atoms with van der Waals surface area (Å²) < 4.78 is 35.7. The monoisotopic (exact) mass is 567 g/mol. The van der Waals surface area contributed by atoms with Crippen molar-refractivity contribution in [2.45, 2.75) is 77.2 Å². The third-order valence-corrected chi connectivity index (χ3v) is 9.32. The van der Waals surface area contributed by atoms with Crippen molar-refractivity contribution in [3.05, 3.63) is 33.1 Å². The van der Waals surface area contributed by atoms with E-state index in [4.69, 9.17) is 18.7 Å². The van der Waals surface area contributed by atoms with E-state index in [0.717, 1.165) is 28.2 Å². The normalized spacial score (nSPS) is 26.0. The first-order valence-corrected chi connectivity index (χ1v) is 14.8. The van der Waals surface area contributed by atoms with E-state index >= 15 is 0 Å². The first kappa shape index (κ1) is 31.2. The van der Waals surface area contributed by atoms with Gasteiger partial charge in [-0.25, -0.2) is 9.88 Å². The maximum Gasteiger partial charge on any atom is 0.330 e. The molecule has 0 unspecified atom stereocenters. The lowest BCUT2D eigenvalue weighted by molar-refractivity contribution is -0.149. The molecule has 0 bridgehead atoms. The van der Waals surface area contributed by atoms with Gasteiger partial charge in [-0.3, -0.25) is 28.5 Å². The third-order valence-electron chi connectivity index (χ3n) is 5.20. The van der Waals surface area contributed by atoms with Gasteiger partial charge in [0.25, 0.3) is 5.56 Å². The molecule has 6 atom stereocenters. The SMILES string of the molecule is CCOC(=O)CCS[P@](=O)(N[C@@H](C)C(=O)OC(C)C)OC[C@H]1O[C@@H](n2ccc(=O)[nH]c2=O)[C@](C)(O)[C@@H]1O. The summed E-state index contributed by atoms with van der Waals surface area (Å²) in [6.07, 6.45) is -3.62. The van der Waals surface area contributed by atoms with Gasteiger partial charge >= 0.3 is 24.3 Å². The molecule has 1 aromatic rings. The van der Waals surface area contributed by atoms with Gasteiger partial charge in [-0.2, -0.15) is 0 Å². The minimum absolute atomic E-state index is 0.0241. The van der Waals surface area contributed by atoms with Gasteiger partial charge in [-0.05, 0) is 34.6 Å². The number of nitrogens with zero attached hydrogens (tertiary/aromatic N) is 1. The minimum Gasteiger partial charge on any atom is -0.466 e. The van der Waals surface area contributed by atoms with Crippen molar-refractivity contribution >= 4 is 30.0 Å². The number of nitrogens with one attached hydrogen (secondary N) is 2. The van der Waals surface area contributed by atoms with Gasteiger partial charge in [-0.1, -0.05) is 11.4 Å². The smallest absolute Gasteiger partial charge is 0.330 e. The Morgan fingerprint density at radius 2 is 2.03 bits per heavy atom. The second kappa shape index (κ2) is 13.2. The molecule has 14 nitrogen and oxygen atoms in total. The fourth-order valence-electron chi connectivity index (χ4n) is 3.38. The molecule has 4 N–H and O–H groups in total. The molecular formula is C21H34N3O11PS. The second-order valence-electron chi connectivity index (χ2n) is 8.73. The molecule has 0 aromatic carbocycles. The maximum atomic E-state index is 13.6. The summed E-state index contributed by atoms with van der Waals surface area (Å²) in [4.78, 5) is 49.5. The molecule has 0 amide bonds. The van der Waals surface area contributed by atoms with Crippen LogP contribution in [0.4, 0.5) is 0 Å². The predicted octanol–water partition coefficient (Wildman–Crippen LogP) is 0.287. The Labute approximate surface area is 217 Å². The molecule has 2 rings (SSSR count). The van der Waals surface area contributed by atoms with Crippen LogP contribution >= 0.6 is 18.1 Å². The third kappa shape index (κ3) is 8.50. The molecular weight excluding hydrogens is 533 g/mol. The Balaban J connectivity index is 2.17. The Morgan fingerprint density at radius 1 is 1.35 bits per heavy atom. The molecule has 1 aromatic heterocycles. The summed E-state index contributed by atoms with van der Waals surface area (Å²) in [6, 6.07) is 0.000746. The number of esters is 2. The molecule has 210 valence electrons. The van der Waals surface area contributed by atoms with Gasteiger partial charge in [0.15, 0.2) is 6.23 Å². The molecule has 0 spiro atoms. The van der Waals surface area contributed by atoms with Crippen LogP contribution in [0.3, 0.4) is 0 Å². The number of aliphatic hydroxyl groups is 2. The number of carbonyl (C=O) groups excluding carboxylic acids is 2. The fourth-order valence-corrected chi connectivity index (χ4v) is 7.12. The topological polar surface area (TPSA) is 195 Å². The number of ether oxygens (including phenoxy) is 3. The largest absolute Gasteiger partial charge is 0.466 e. The van der Waals surface area contributed by atoms with Crippen LogP contribution in [0.1, 0.15) is 47.3 Å². The van der Waals surface area contributed by atoms with E-state index in [1.165, 1.54) is 13.8 Å². The lowest BCUT2D eigenvalue weighted by atomic mass is 9.96. The summed E-state index contributed by atoms with van der Waals surface area (Å²) in [6.45, 7) is 3.38. The van der Waals surface area contributed by atoms with E-state index in [9.17, 15) is 34.0 Å². The zero-order valence-corrected chi connectivity index (χ0v) is 23.0. The number of carbonyl (C=O) groups is 2. The number of rotatable bonds is 13. The van der Waals surface area contributed by atoms with E-state index in [-0.39, 0.29) is 18.8 Å². The molecule has 2 heterocycles. The van der Waals surface area contributed by atoms with Crippen LogP contribution in [0.15, 0.2) is 21.9 Å². The minimum atomic E-state index is -3.91. The van der Waals surface area contributed by atoms with Gasteiger partial charge in [0.2, 0.25) is 0 Å². The van der Waals surface area contributed by atoms with Crippen molar-refractivity contribution < 1.29 is 43.1 Å². The quantitative estimate of drug-likeness (QED) is 0.188. The molecule has 1 aliphatic heterocycles. The van der Waals surface area contributed by atoms with Crippen molar-refractivity contribution in [1.82, 2.24) is 14.6 Å². The van der Waals surface area contributed by atoms with E-state index in [1.807, 2.05) is 4.98 Å². The second-order valence-corrected chi connectivity index (χ2v) is 13.1. The average Bonchev–Trinajstić information content (AvgIpc) is 3.01. The summed E-state index contributed by atoms with van der Waals surface area (Å²) in [5.74, 6) is -1.16. The highest BCUT2D eigenvalue weighted by atomic mass is 32.7. The highest BCUT2D eigenvalue weighted by Crippen LogP contribution is 2.57. The van der Waals surface area contributed by atoms with Gasteiger partial charge in [0.1, 0.15) is 23.9 Å². The average molecular weight is 568 g/mol. The fraction of sp³-hybridized carbons (Fsp3) is 0.714. The van der Waals surface area contributed by atoms with Gasteiger partial charge in [-0.15, -0.1) is 0 Å². The van der Waals surface area contributed by atoms with Crippen LogP contribution < -0.4 is 16.3 Å². The molecule has 0 aliphatic carbocycles. The lowest BCUT2D eigenvalue weighted by Gasteiger charge is -2.27. The number of H-pyrrole nitrogens is 1. The summed E-state index contributed by atoms with van der Waals surface area (Å²) >= 11 is 0.747. The number of hydrogen-bond donors (Lipinski definition) is 4. The van der Waals surface area contributed by atoms with Crippen LogP contribution in [0.2, 0.25) is 0 Å². The summed E-state index contributed by atoms with van der Waals surface area (Å²) in [5, 5.41) is 24.1. The van der Waals surface area contributed by atoms with E-state index in [1.54, 1.807) is 20.8 Å². The predicted molar refractivity (Wildman–Crippen MR) is 133 cm³/mol. The highest BCUT2D eigenvalue weighted by molar-refractivity contribution is 8.56. The van der Waals surface area contributed by atoms with E-state index < -0.39 is 72.7 Å². The van der Waals surface area contributed by atoms with Crippen LogP contribution in [-0.2, 0) is 32.9 Å². The molecule has 1 fully saturated rings. The van der Waals surface area contributed by atoms with Crippen LogP contribution in [-0.4, -0.2) is 80.6 Å². The zero-order valence-electron chi connectivity index (χ0n) is 21.2. The zero-order chi connectivity index (χ0) is 28.0. The van der Waals surface area contributed by atoms with Crippen molar-refractivity contribution in [3.8, 4) is 0 Å². The van der Waals surface area contributed by atoms with Crippen molar-refractivity contribution in [2.24, 2.45) is 0 Å². The number of aliphatic hydroxyl groups excluding tert-OH is 1. The van der Waals surface area contributed by atoms with Crippen molar-refractivity contribution in [1.29, 1.82) is 0 Å². The molecule has 37 heavy (non-hydrogen) atoms. The number of aromatic nitrogens is 2.